The maximum absolute atomic E-state index is 11.9. The first-order chi connectivity index (χ1) is 8.43. The Morgan fingerprint density at radius 1 is 1.44 bits per heavy atom. The number of primary amides is 1. The van der Waals surface area contributed by atoms with Crippen molar-refractivity contribution in [1.29, 1.82) is 0 Å². The van der Waals surface area contributed by atoms with Gasteiger partial charge in [-0.1, -0.05) is 15.9 Å². The highest BCUT2D eigenvalue weighted by Gasteiger charge is 2.18. The lowest BCUT2D eigenvalue weighted by molar-refractivity contribution is -0.121. The molecule has 6 heteroatoms. The van der Waals surface area contributed by atoms with Gasteiger partial charge < -0.3 is 15.8 Å². The summed E-state index contributed by atoms with van der Waals surface area (Å²) in [7, 11) is 1.44. The third kappa shape index (κ3) is 4.12. The molecule has 0 radical (unpaired) electrons. The second kappa shape index (κ2) is 6.51. The number of amides is 2. The van der Waals surface area contributed by atoms with Gasteiger partial charge in [0.15, 0.2) is 0 Å². The monoisotopic (exact) mass is 314 g/mol. The molecule has 1 rings (SSSR count). The molecule has 2 amide bonds. The fraction of sp³-hybridized carbons (Fsp3) is 0.333. The molecule has 0 bridgehead atoms. The number of hydrogen-bond donors (Lipinski definition) is 2. The van der Waals surface area contributed by atoms with Crippen molar-refractivity contribution >= 4 is 27.7 Å². The summed E-state index contributed by atoms with van der Waals surface area (Å²) in [6.07, 6.45) is 0. The standard InChI is InChI=1S/C12H15BrN2O3/c1-7-3-8(5-9(13)4-7)12(17)15-10(6-18-2)11(14)16/h3-5,10H,6H2,1-2H3,(H2,14,16)(H,15,17)/t10-/m0/s1. The molecular formula is C12H15BrN2O3. The normalized spacial score (nSPS) is 11.9. The van der Waals surface area contributed by atoms with E-state index in [4.69, 9.17) is 10.5 Å². The van der Waals surface area contributed by atoms with Gasteiger partial charge in [0.1, 0.15) is 6.04 Å². The van der Waals surface area contributed by atoms with E-state index in [1.807, 2.05) is 13.0 Å². The largest absolute Gasteiger partial charge is 0.382 e. The van der Waals surface area contributed by atoms with E-state index < -0.39 is 11.9 Å². The van der Waals surface area contributed by atoms with Crippen LogP contribution in [0.2, 0.25) is 0 Å². The van der Waals surface area contributed by atoms with Crippen molar-refractivity contribution in [2.24, 2.45) is 5.73 Å². The molecule has 0 aromatic heterocycles. The summed E-state index contributed by atoms with van der Waals surface area (Å²) in [6.45, 7) is 1.93. The molecule has 1 aromatic carbocycles. The lowest BCUT2D eigenvalue weighted by atomic mass is 10.1. The molecule has 1 aromatic rings. The van der Waals surface area contributed by atoms with Gasteiger partial charge in [-0.2, -0.15) is 0 Å². The van der Waals surface area contributed by atoms with E-state index in [1.165, 1.54) is 7.11 Å². The summed E-state index contributed by atoms with van der Waals surface area (Å²) in [6, 6.07) is 4.46. The van der Waals surface area contributed by atoms with Gasteiger partial charge >= 0.3 is 0 Å². The minimum Gasteiger partial charge on any atom is -0.382 e. The van der Waals surface area contributed by atoms with Crippen LogP contribution < -0.4 is 11.1 Å². The molecule has 1 atom stereocenters. The Kier molecular flexibility index (Phi) is 5.30. The molecule has 0 unspecified atom stereocenters. The van der Waals surface area contributed by atoms with Crippen LogP contribution >= 0.6 is 15.9 Å². The van der Waals surface area contributed by atoms with Crippen molar-refractivity contribution in [3.05, 3.63) is 33.8 Å². The van der Waals surface area contributed by atoms with Crippen LogP contribution in [-0.4, -0.2) is 31.6 Å². The number of hydrogen-bond acceptors (Lipinski definition) is 3. The quantitative estimate of drug-likeness (QED) is 0.850. The summed E-state index contributed by atoms with van der Waals surface area (Å²) >= 11 is 3.31. The van der Waals surface area contributed by atoms with E-state index >= 15 is 0 Å². The lowest BCUT2D eigenvalue weighted by Gasteiger charge is -2.14. The molecule has 98 valence electrons. The van der Waals surface area contributed by atoms with Gasteiger partial charge in [0.25, 0.3) is 5.91 Å². The van der Waals surface area contributed by atoms with E-state index in [-0.39, 0.29) is 12.5 Å². The first kappa shape index (κ1) is 14.7. The number of carbonyl (C=O) groups excluding carboxylic acids is 2. The molecule has 18 heavy (non-hydrogen) atoms. The fourth-order valence-electron chi connectivity index (χ4n) is 1.47. The third-order valence-electron chi connectivity index (χ3n) is 2.29. The summed E-state index contributed by atoms with van der Waals surface area (Å²) in [5.41, 5.74) is 6.57. The number of halogens is 1. The number of nitrogens with one attached hydrogen (secondary N) is 1. The van der Waals surface area contributed by atoms with Crippen molar-refractivity contribution < 1.29 is 14.3 Å². The highest BCUT2D eigenvalue weighted by molar-refractivity contribution is 9.10. The molecule has 0 aliphatic heterocycles. The van der Waals surface area contributed by atoms with Crippen LogP contribution in [0.25, 0.3) is 0 Å². The van der Waals surface area contributed by atoms with Gasteiger partial charge in [-0.05, 0) is 30.7 Å². The van der Waals surface area contributed by atoms with Gasteiger partial charge in [0, 0.05) is 17.1 Å². The van der Waals surface area contributed by atoms with Gasteiger partial charge in [0.05, 0.1) is 6.61 Å². The number of methoxy groups -OCH3 is 1. The third-order valence-corrected chi connectivity index (χ3v) is 2.74. The first-order valence-corrected chi connectivity index (χ1v) is 6.09. The number of benzene rings is 1. The summed E-state index contributed by atoms with van der Waals surface area (Å²) in [5.74, 6) is -0.989. The molecule has 0 saturated heterocycles. The van der Waals surface area contributed by atoms with E-state index in [1.54, 1.807) is 12.1 Å². The first-order valence-electron chi connectivity index (χ1n) is 5.30. The van der Waals surface area contributed by atoms with Gasteiger partial charge in [-0.3, -0.25) is 9.59 Å². The van der Waals surface area contributed by atoms with Crippen LogP contribution in [0.3, 0.4) is 0 Å². The number of aryl methyl sites for hydroxylation is 1. The lowest BCUT2D eigenvalue weighted by Crippen LogP contribution is -2.47. The number of rotatable bonds is 5. The maximum Gasteiger partial charge on any atom is 0.252 e. The van der Waals surface area contributed by atoms with Crippen molar-refractivity contribution in [1.82, 2.24) is 5.32 Å². The summed E-state index contributed by atoms with van der Waals surface area (Å²) < 4.78 is 5.63. The topological polar surface area (TPSA) is 81.4 Å². The van der Waals surface area contributed by atoms with Gasteiger partial charge in [0.2, 0.25) is 5.91 Å². The van der Waals surface area contributed by atoms with Crippen LogP contribution in [-0.2, 0) is 9.53 Å². The number of carbonyl (C=O) groups is 2. The van der Waals surface area contributed by atoms with Crippen LogP contribution in [0.1, 0.15) is 15.9 Å². The minimum atomic E-state index is -0.832. The van der Waals surface area contributed by atoms with Crippen LogP contribution in [0, 0.1) is 6.92 Å². The Morgan fingerprint density at radius 3 is 2.61 bits per heavy atom. The van der Waals surface area contributed by atoms with E-state index in [2.05, 4.69) is 21.2 Å². The zero-order valence-corrected chi connectivity index (χ0v) is 11.8. The van der Waals surface area contributed by atoms with Crippen molar-refractivity contribution in [3.63, 3.8) is 0 Å². The fourth-order valence-corrected chi connectivity index (χ4v) is 2.08. The molecule has 0 spiro atoms. The Hall–Kier alpha value is -1.40. The highest BCUT2D eigenvalue weighted by atomic mass is 79.9. The Labute approximate surface area is 114 Å². The Balaban J connectivity index is 2.83. The van der Waals surface area contributed by atoms with Crippen molar-refractivity contribution in [3.8, 4) is 0 Å². The van der Waals surface area contributed by atoms with E-state index in [0.29, 0.717) is 5.56 Å². The molecule has 3 N–H and O–H groups in total. The van der Waals surface area contributed by atoms with Gasteiger partial charge in [-0.25, -0.2) is 0 Å². The maximum atomic E-state index is 11.9. The van der Waals surface area contributed by atoms with Crippen LogP contribution in [0.5, 0.6) is 0 Å². The van der Waals surface area contributed by atoms with Crippen molar-refractivity contribution in [2.45, 2.75) is 13.0 Å². The van der Waals surface area contributed by atoms with Crippen LogP contribution in [0.4, 0.5) is 0 Å². The van der Waals surface area contributed by atoms with Crippen LogP contribution in [0.15, 0.2) is 22.7 Å². The molecule has 0 saturated carbocycles. The second-order valence-corrected chi connectivity index (χ2v) is 4.82. The molecule has 0 heterocycles. The van der Waals surface area contributed by atoms with E-state index in [0.717, 1.165) is 10.0 Å². The molecule has 5 nitrogen and oxygen atoms in total. The molecule has 0 aliphatic rings. The zero-order chi connectivity index (χ0) is 13.7. The highest BCUT2D eigenvalue weighted by Crippen LogP contribution is 2.15. The Bertz CT molecular complexity index is 442. The second-order valence-electron chi connectivity index (χ2n) is 3.90. The molecule has 0 fully saturated rings. The summed E-state index contributed by atoms with van der Waals surface area (Å²) in [4.78, 5) is 23.1. The smallest absolute Gasteiger partial charge is 0.252 e. The molecular weight excluding hydrogens is 300 g/mol. The van der Waals surface area contributed by atoms with E-state index in [9.17, 15) is 9.59 Å². The zero-order valence-electron chi connectivity index (χ0n) is 10.2. The predicted octanol–water partition coefficient (Wildman–Crippen LogP) is 0.988. The average Bonchev–Trinajstić information content (AvgIpc) is 2.26. The van der Waals surface area contributed by atoms with Gasteiger partial charge in [-0.15, -0.1) is 0 Å². The number of ether oxygens (including phenoxy) is 1. The van der Waals surface area contributed by atoms with Crippen molar-refractivity contribution in [2.75, 3.05) is 13.7 Å². The average molecular weight is 315 g/mol. The summed E-state index contributed by atoms with van der Waals surface area (Å²) in [5, 5.41) is 2.53. The Morgan fingerprint density at radius 2 is 2.11 bits per heavy atom. The minimum absolute atomic E-state index is 0.0497. The SMILES string of the molecule is COC[C@H](NC(=O)c1cc(C)cc(Br)c1)C(N)=O. The molecule has 0 aliphatic carbocycles. The number of nitrogens with two attached hydrogens (primary N) is 1. The predicted molar refractivity (Wildman–Crippen MR) is 71.2 cm³/mol.